The van der Waals surface area contributed by atoms with Crippen molar-refractivity contribution in [2.45, 2.75) is 6.92 Å². The summed E-state index contributed by atoms with van der Waals surface area (Å²) < 4.78 is 21.9. The van der Waals surface area contributed by atoms with Gasteiger partial charge in [0.25, 0.3) is 0 Å². The minimum atomic E-state index is -0.527. The molecule has 37 heavy (non-hydrogen) atoms. The molecule has 0 aliphatic heterocycles. The Morgan fingerprint density at radius 3 is 1.38 bits per heavy atom. The van der Waals surface area contributed by atoms with Gasteiger partial charge in [-0.3, -0.25) is 19.2 Å². The van der Waals surface area contributed by atoms with Gasteiger partial charge in [-0.05, 0) is 31.2 Å². The number of ether oxygens (including phenoxy) is 4. The normalized spacial score (nSPS) is 11.2. The molecule has 8 nitrogen and oxygen atoms in total. The quantitative estimate of drug-likeness (QED) is 0.218. The van der Waals surface area contributed by atoms with Crippen LogP contribution in [0.15, 0.2) is 69.1 Å². The highest BCUT2D eigenvalue weighted by Crippen LogP contribution is 2.36. The molecule has 0 radical (unpaired) electrons. The first kappa shape index (κ1) is 24.4. The van der Waals surface area contributed by atoms with E-state index in [9.17, 15) is 19.2 Å². The van der Waals surface area contributed by atoms with Gasteiger partial charge in [-0.15, -0.1) is 22.7 Å². The van der Waals surface area contributed by atoms with Crippen LogP contribution >= 0.6 is 22.7 Å². The van der Waals surface area contributed by atoms with Crippen LogP contribution in [0.2, 0.25) is 0 Å². The van der Waals surface area contributed by atoms with Crippen LogP contribution in [0.5, 0.6) is 23.0 Å². The van der Waals surface area contributed by atoms with Crippen LogP contribution in [0.1, 0.15) is 6.92 Å². The fraction of sp³-hybridized carbons (Fsp3) is 0.111. The molecule has 0 bridgehead atoms. The van der Waals surface area contributed by atoms with Crippen LogP contribution in [-0.2, 0) is 0 Å². The predicted octanol–water partition coefficient (Wildman–Crippen LogP) is 4.75. The maximum absolute atomic E-state index is 13.7. The Morgan fingerprint density at radius 2 is 1.00 bits per heavy atom. The number of methoxy groups -OCH3 is 1. The number of hydrogen-bond acceptors (Lipinski definition) is 10. The summed E-state index contributed by atoms with van der Waals surface area (Å²) in [4.78, 5) is 54.8. The molecule has 0 saturated heterocycles. The van der Waals surface area contributed by atoms with Crippen LogP contribution in [0, 0.1) is 0 Å². The maximum Gasteiger partial charge on any atom is 0.209 e. The van der Waals surface area contributed by atoms with Crippen molar-refractivity contribution in [2.24, 2.45) is 0 Å². The Bertz CT molecular complexity index is 2010. The van der Waals surface area contributed by atoms with E-state index >= 15 is 0 Å². The second kappa shape index (κ2) is 9.30. The molecule has 0 N–H and O–H groups in total. The first-order valence-corrected chi connectivity index (χ1v) is 12.6. The van der Waals surface area contributed by atoms with Crippen LogP contribution in [0.25, 0.3) is 40.3 Å². The van der Waals surface area contributed by atoms with E-state index in [1.165, 1.54) is 25.3 Å². The van der Waals surface area contributed by atoms with Crippen molar-refractivity contribution in [3.05, 3.63) is 90.8 Å². The lowest BCUT2D eigenvalue weighted by atomic mass is 10.1. The lowest BCUT2D eigenvalue weighted by Gasteiger charge is -2.12. The molecular weight excluding hydrogens is 516 g/mol. The summed E-state index contributed by atoms with van der Waals surface area (Å²) >= 11 is 1.59. The summed E-state index contributed by atoms with van der Waals surface area (Å²) in [6, 6.07) is 6.08. The van der Waals surface area contributed by atoms with Crippen molar-refractivity contribution in [2.75, 3.05) is 13.7 Å². The number of rotatable bonds is 7. The van der Waals surface area contributed by atoms with E-state index in [1.807, 2.05) is 0 Å². The van der Waals surface area contributed by atoms with E-state index in [2.05, 4.69) is 13.2 Å². The Balaban J connectivity index is 2.06. The topological polar surface area (TPSA) is 105 Å². The number of hydrogen-bond donors (Lipinski definition) is 0. The molecule has 186 valence electrons. The molecule has 1 heterocycles. The van der Waals surface area contributed by atoms with Crippen molar-refractivity contribution in [1.29, 1.82) is 0 Å². The average molecular weight is 535 g/mol. The molecule has 5 rings (SSSR count). The summed E-state index contributed by atoms with van der Waals surface area (Å²) in [5.41, 5.74) is -2.07. The highest BCUT2D eigenvalue weighted by Gasteiger charge is 2.24. The second-order valence-corrected chi connectivity index (χ2v) is 9.71. The van der Waals surface area contributed by atoms with E-state index in [1.54, 1.807) is 13.0 Å². The lowest BCUT2D eigenvalue weighted by Crippen LogP contribution is -2.16. The van der Waals surface area contributed by atoms with Gasteiger partial charge in [0.15, 0.2) is 0 Å². The Labute approximate surface area is 216 Å². The molecule has 0 saturated carbocycles. The minimum Gasteiger partial charge on any atom is -0.496 e. The zero-order valence-electron chi connectivity index (χ0n) is 19.7. The van der Waals surface area contributed by atoms with Gasteiger partial charge in [-0.25, -0.2) is 0 Å². The van der Waals surface area contributed by atoms with Crippen LogP contribution in [0.4, 0.5) is 0 Å². The van der Waals surface area contributed by atoms with Crippen molar-refractivity contribution in [3.8, 4) is 23.0 Å². The van der Waals surface area contributed by atoms with Crippen molar-refractivity contribution in [3.63, 3.8) is 0 Å². The van der Waals surface area contributed by atoms with Crippen molar-refractivity contribution in [1.82, 2.24) is 0 Å². The molecule has 0 amide bonds. The first-order chi connectivity index (χ1) is 17.9. The van der Waals surface area contributed by atoms with Gasteiger partial charge in [-0.1, -0.05) is 13.2 Å². The highest BCUT2D eigenvalue weighted by atomic mass is 32.1. The van der Waals surface area contributed by atoms with Gasteiger partial charge < -0.3 is 18.9 Å². The van der Waals surface area contributed by atoms with Crippen LogP contribution in [0.3, 0.4) is 0 Å². The van der Waals surface area contributed by atoms with Gasteiger partial charge in [0, 0.05) is 0 Å². The minimum absolute atomic E-state index is 0.00412. The largest absolute Gasteiger partial charge is 0.496 e. The molecule has 0 spiro atoms. The predicted molar refractivity (Wildman–Crippen MR) is 148 cm³/mol. The molecule has 10 heteroatoms. The fourth-order valence-electron chi connectivity index (χ4n) is 4.29. The maximum atomic E-state index is 13.7. The van der Waals surface area contributed by atoms with E-state index in [-0.39, 0.29) is 69.9 Å². The molecule has 0 unspecified atom stereocenters. The number of fused-ring (bicyclic) bond motifs is 4. The highest BCUT2D eigenvalue weighted by molar-refractivity contribution is 7.36. The van der Waals surface area contributed by atoms with Gasteiger partial charge in [0.1, 0.15) is 23.0 Å². The van der Waals surface area contributed by atoms with Gasteiger partial charge in [0.2, 0.25) is 21.7 Å². The van der Waals surface area contributed by atoms with E-state index in [0.29, 0.717) is 0 Å². The monoisotopic (exact) mass is 534 g/mol. The summed E-state index contributed by atoms with van der Waals surface area (Å²) in [5, 5.41) is 0.0780. The summed E-state index contributed by atoms with van der Waals surface area (Å²) in [7, 11) is 1.38. The second-order valence-electron chi connectivity index (χ2n) is 7.67. The Morgan fingerprint density at radius 1 is 0.649 bits per heavy atom. The lowest BCUT2D eigenvalue weighted by molar-refractivity contribution is 0.344. The first-order valence-electron chi connectivity index (χ1n) is 11.0. The van der Waals surface area contributed by atoms with Crippen molar-refractivity contribution >= 4 is 63.0 Å². The molecule has 0 aliphatic rings. The third-order valence-electron chi connectivity index (χ3n) is 5.75. The van der Waals surface area contributed by atoms with Gasteiger partial charge >= 0.3 is 0 Å². The van der Waals surface area contributed by atoms with E-state index in [4.69, 9.17) is 18.9 Å². The van der Waals surface area contributed by atoms with Crippen LogP contribution in [-0.4, -0.2) is 13.7 Å². The summed E-state index contributed by atoms with van der Waals surface area (Å²) in [6.07, 6.45) is 2.29. The van der Waals surface area contributed by atoms with Crippen molar-refractivity contribution < 1.29 is 18.9 Å². The average Bonchev–Trinajstić information content (AvgIpc) is 2.90. The Hall–Kier alpha value is -4.28. The molecule has 0 aliphatic carbocycles. The van der Waals surface area contributed by atoms with Gasteiger partial charge in [-0.2, -0.15) is 0 Å². The zero-order chi connectivity index (χ0) is 26.4. The molecule has 0 atom stereocenters. The molecule has 5 aromatic rings. The SMILES string of the molecule is C=COc1ccc(OC)c2c(=O)c3sc4c(=O)c5c(OCC)ccc(OC=C)c5c(=O)c4sc3c(=O)c12. The van der Waals surface area contributed by atoms with E-state index in [0.717, 1.165) is 35.2 Å². The third-order valence-corrected chi connectivity index (χ3v) is 8.38. The molecule has 0 fully saturated rings. The summed E-state index contributed by atoms with van der Waals surface area (Å²) in [5.74, 6) is 0.656. The molecular formula is C27H18O8S2. The Kier molecular flexibility index (Phi) is 6.14. The van der Waals surface area contributed by atoms with Crippen LogP contribution < -0.4 is 40.7 Å². The molecule has 1 aromatic heterocycles. The smallest absolute Gasteiger partial charge is 0.209 e. The fourth-order valence-corrected chi connectivity index (χ4v) is 6.72. The third kappa shape index (κ3) is 3.56. The van der Waals surface area contributed by atoms with Gasteiger partial charge in [0.05, 0.1) is 66.6 Å². The standard InChI is InChI=1S/C27H18O8S2/c1-5-33-13-9-8-12(32-4)16-17(13)21(29)25-24(20(16)28)36-26-22(30)18-14(34-6-2)10-11-15(35-7-3)19(18)23(31)27(26)37-25/h5,7-11H,1,3,6H2,2,4H3. The molecule has 4 aromatic carbocycles. The number of benzene rings is 4. The summed E-state index contributed by atoms with van der Waals surface area (Å²) in [6.45, 7) is 9.07. The zero-order valence-corrected chi connectivity index (χ0v) is 21.3. The van der Waals surface area contributed by atoms with E-state index < -0.39 is 21.7 Å².